The van der Waals surface area contributed by atoms with Crippen molar-refractivity contribution in [2.45, 2.75) is 90.8 Å². The largest absolute Gasteiger partial charge is 0.353 e. The lowest BCUT2D eigenvalue weighted by Gasteiger charge is -2.27. The van der Waals surface area contributed by atoms with Crippen molar-refractivity contribution >= 4 is 11.8 Å². The summed E-state index contributed by atoms with van der Waals surface area (Å²) in [7, 11) is 0. The van der Waals surface area contributed by atoms with Crippen LogP contribution in [0.1, 0.15) is 83.3 Å². The second-order valence-electron chi connectivity index (χ2n) is 7.87. The minimum Gasteiger partial charge on any atom is -0.353 e. The first-order valence-corrected chi connectivity index (χ1v) is 10.7. The van der Waals surface area contributed by atoms with E-state index < -0.39 is 0 Å². The van der Waals surface area contributed by atoms with Gasteiger partial charge in [0.15, 0.2) is 0 Å². The molecule has 4 nitrogen and oxygen atoms in total. The molecule has 0 atom stereocenters. The molecule has 1 aromatic carbocycles. The van der Waals surface area contributed by atoms with E-state index in [1.165, 1.54) is 0 Å². The summed E-state index contributed by atoms with van der Waals surface area (Å²) < 4.78 is 0. The van der Waals surface area contributed by atoms with Crippen molar-refractivity contribution in [1.29, 1.82) is 0 Å². The molecule has 0 heterocycles. The van der Waals surface area contributed by atoms with Crippen molar-refractivity contribution in [1.82, 2.24) is 10.2 Å². The molecule has 0 aliphatic heterocycles. The van der Waals surface area contributed by atoms with Crippen molar-refractivity contribution in [2.75, 3.05) is 0 Å². The molecule has 152 valence electrons. The lowest BCUT2D eigenvalue weighted by molar-refractivity contribution is -0.133. The number of hydrogen-bond donors (Lipinski definition) is 1. The van der Waals surface area contributed by atoms with Gasteiger partial charge in [0, 0.05) is 43.5 Å². The third-order valence-corrected chi connectivity index (χ3v) is 4.92. The van der Waals surface area contributed by atoms with Crippen molar-refractivity contribution in [3.05, 3.63) is 35.4 Å². The zero-order valence-electron chi connectivity index (χ0n) is 17.6. The Hall–Kier alpha value is -2.28. The van der Waals surface area contributed by atoms with Gasteiger partial charge in [-0.15, -0.1) is 0 Å². The van der Waals surface area contributed by atoms with Crippen molar-refractivity contribution in [2.24, 2.45) is 0 Å². The van der Waals surface area contributed by atoms with E-state index in [0.29, 0.717) is 31.8 Å². The molecule has 0 radical (unpaired) electrons. The SMILES string of the molecule is CCCCC(=O)N(Cc1ccccc1C#CCCCC(=O)NC1CC1)C(C)C. The average molecular weight is 383 g/mol. The van der Waals surface area contributed by atoms with Crippen LogP contribution in [0.4, 0.5) is 0 Å². The predicted molar refractivity (Wildman–Crippen MR) is 114 cm³/mol. The molecule has 1 N–H and O–H groups in total. The molecule has 0 aromatic heterocycles. The molecule has 2 rings (SSSR count). The highest BCUT2D eigenvalue weighted by Crippen LogP contribution is 2.19. The maximum atomic E-state index is 12.6. The highest BCUT2D eigenvalue weighted by molar-refractivity contribution is 5.77. The molecule has 2 amide bonds. The van der Waals surface area contributed by atoms with Gasteiger partial charge in [0.2, 0.25) is 11.8 Å². The fraction of sp³-hybridized carbons (Fsp3) is 0.583. The number of hydrogen-bond acceptors (Lipinski definition) is 2. The van der Waals surface area contributed by atoms with E-state index in [9.17, 15) is 9.59 Å². The van der Waals surface area contributed by atoms with Crippen LogP contribution in [-0.2, 0) is 16.1 Å². The number of nitrogens with one attached hydrogen (secondary N) is 1. The number of benzene rings is 1. The lowest BCUT2D eigenvalue weighted by Crippen LogP contribution is -2.36. The Morgan fingerprint density at radius 3 is 2.61 bits per heavy atom. The molecule has 1 aliphatic rings. The van der Waals surface area contributed by atoms with E-state index in [1.807, 2.05) is 23.1 Å². The first-order valence-electron chi connectivity index (χ1n) is 10.7. The molecule has 1 aliphatic carbocycles. The minimum absolute atomic E-state index is 0.142. The molecule has 1 fully saturated rings. The molecular formula is C24H34N2O2. The summed E-state index contributed by atoms with van der Waals surface area (Å²) in [4.78, 5) is 26.2. The molecular weight excluding hydrogens is 348 g/mol. The zero-order chi connectivity index (χ0) is 20.4. The quantitative estimate of drug-likeness (QED) is 0.481. The number of carbonyl (C=O) groups is 2. The van der Waals surface area contributed by atoms with E-state index in [4.69, 9.17) is 0 Å². The summed E-state index contributed by atoms with van der Waals surface area (Å²) in [5.74, 6) is 6.80. The summed E-state index contributed by atoms with van der Waals surface area (Å²) in [5.41, 5.74) is 2.05. The minimum atomic E-state index is 0.142. The van der Waals surface area contributed by atoms with Gasteiger partial charge in [-0.3, -0.25) is 9.59 Å². The zero-order valence-corrected chi connectivity index (χ0v) is 17.6. The standard InChI is InChI=1S/C24H34N2O2/c1-4-5-15-24(28)26(19(2)3)18-21-13-10-9-12-20(21)11-7-6-8-14-23(27)25-22-16-17-22/h9-10,12-13,19,22H,4-6,8,14-18H2,1-3H3,(H,25,27). The van der Waals surface area contributed by atoms with E-state index in [-0.39, 0.29) is 17.9 Å². The molecule has 28 heavy (non-hydrogen) atoms. The van der Waals surface area contributed by atoms with Crippen molar-refractivity contribution < 1.29 is 9.59 Å². The molecule has 4 heteroatoms. The second kappa shape index (κ2) is 11.5. The number of amides is 2. The summed E-state index contributed by atoms with van der Waals surface area (Å²) >= 11 is 0. The Bertz CT molecular complexity index is 711. The molecule has 1 aromatic rings. The second-order valence-corrected chi connectivity index (χ2v) is 7.87. The summed E-state index contributed by atoms with van der Waals surface area (Å²) in [6.45, 7) is 6.82. The highest BCUT2D eigenvalue weighted by Gasteiger charge is 2.22. The van der Waals surface area contributed by atoms with Crippen LogP contribution in [-0.4, -0.2) is 28.8 Å². The Balaban J connectivity index is 1.91. The van der Waals surface area contributed by atoms with Crippen LogP contribution in [0.2, 0.25) is 0 Å². The third kappa shape index (κ3) is 7.76. The van der Waals surface area contributed by atoms with Gasteiger partial charge in [-0.25, -0.2) is 0 Å². The van der Waals surface area contributed by atoms with Gasteiger partial charge in [-0.1, -0.05) is 43.4 Å². The van der Waals surface area contributed by atoms with Crippen molar-refractivity contribution in [3.63, 3.8) is 0 Å². The topological polar surface area (TPSA) is 49.4 Å². The maximum Gasteiger partial charge on any atom is 0.223 e. The van der Waals surface area contributed by atoms with E-state index >= 15 is 0 Å². The summed E-state index contributed by atoms with van der Waals surface area (Å²) in [6, 6.07) is 8.63. The van der Waals surface area contributed by atoms with Gasteiger partial charge in [0.05, 0.1) is 0 Å². The molecule has 0 saturated heterocycles. The van der Waals surface area contributed by atoms with Gasteiger partial charge in [0.25, 0.3) is 0 Å². The first-order chi connectivity index (χ1) is 13.5. The third-order valence-electron chi connectivity index (χ3n) is 4.92. The average Bonchev–Trinajstić information content (AvgIpc) is 3.48. The Morgan fingerprint density at radius 2 is 1.93 bits per heavy atom. The van der Waals surface area contributed by atoms with E-state index in [2.05, 4.69) is 44.0 Å². The maximum absolute atomic E-state index is 12.6. The Kier molecular flexibility index (Phi) is 9.07. The Morgan fingerprint density at radius 1 is 1.18 bits per heavy atom. The number of unbranched alkanes of at least 4 members (excludes halogenated alkanes) is 2. The number of nitrogens with zero attached hydrogens (tertiary/aromatic N) is 1. The van der Waals surface area contributed by atoms with Crippen LogP contribution >= 0.6 is 0 Å². The van der Waals surface area contributed by atoms with E-state index in [1.54, 1.807) is 0 Å². The molecule has 0 unspecified atom stereocenters. The van der Waals surface area contributed by atoms with Gasteiger partial charge in [0.1, 0.15) is 0 Å². The van der Waals surface area contributed by atoms with Gasteiger partial charge in [-0.2, -0.15) is 0 Å². The lowest BCUT2D eigenvalue weighted by atomic mass is 10.1. The highest BCUT2D eigenvalue weighted by atomic mass is 16.2. The monoisotopic (exact) mass is 382 g/mol. The van der Waals surface area contributed by atoms with Gasteiger partial charge >= 0.3 is 0 Å². The normalized spacial score (nSPS) is 13.0. The van der Waals surface area contributed by atoms with Crippen LogP contribution in [0.5, 0.6) is 0 Å². The summed E-state index contributed by atoms with van der Waals surface area (Å²) in [5, 5.41) is 3.00. The van der Waals surface area contributed by atoms with Gasteiger partial charge in [-0.05, 0) is 51.2 Å². The predicted octanol–water partition coefficient (Wildman–Crippen LogP) is 4.41. The van der Waals surface area contributed by atoms with Crippen LogP contribution in [0.3, 0.4) is 0 Å². The summed E-state index contributed by atoms with van der Waals surface area (Å²) in [6.07, 6.45) is 6.83. The Labute approximate surface area is 170 Å². The van der Waals surface area contributed by atoms with E-state index in [0.717, 1.165) is 43.2 Å². The number of rotatable bonds is 10. The van der Waals surface area contributed by atoms with Gasteiger partial charge < -0.3 is 10.2 Å². The number of carbonyl (C=O) groups excluding carboxylic acids is 2. The fourth-order valence-electron chi connectivity index (χ4n) is 3.02. The van der Waals surface area contributed by atoms with Crippen LogP contribution in [0.15, 0.2) is 24.3 Å². The molecule has 0 bridgehead atoms. The van der Waals surface area contributed by atoms with Crippen LogP contribution < -0.4 is 5.32 Å². The molecule has 0 spiro atoms. The van der Waals surface area contributed by atoms with Crippen LogP contribution in [0, 0.1) is 11.8 Å². The first kappa shape index (κ1) is 22.0. The van der Waals surface area contributed by atoms with Crippen LogP contribution in [0.25, 0.3) is 0 Å². The fourth-order valence-corrected chi connectivity index (χ4v) is 3.02. The van der Waals surface area contributed by atoms with Crippen molar-refractivity contribution in [3.8, 4) is 11.8 Å². The smallest absolute Gasteiger partial charge is 0.223 e. The molecule has 1 saturated carbocycles.